The van der Waals surface area contributed by atoms with Crippen molar-refractivity contribution in [3.05, 3.63) is 60.2 Å². The highest BCUT2D eigenvalue weighted by Crippen LogP contribution is 2.40. The third-order valence-corrected chi connectivity index (χ3v) is 4.61. The Hall–Kier alpha value is -2.10. The molecule has 4 heteroatoms. The number of carbonyl (C=O) groups is 1. The molecule has 0 aliphatic rings. The minimum atomic E-state index is -0.818. The Morgan fingerprint density at radius 2 is 1.46 bits per heavy atom. The molecule has 24 heavy (non-hydrogen) atoms. The fourth-order valence-electron chi connectivity index (χ4n) is 3.13. The van der Waals surface area contributed by atoms with Crippen LogP contribution in [0, 0.1) is 5.41 Å². The summed E-state index contributed by atoms with van der Waals surface area (Å²) in [5, 5.41) is 4.40. The van der Waals surface area contributed by atoms with Gasteiger partial charge in [-0.1, -0.05) is 48.5 Å². The zero-order valence-corrected chi connectivity index (χ0v) is 14.9. The number of halogens is 1. The standard InChI is InChI=1S/C20H21NO2.ClH/c1-20(2,19(22)23-3)18(21)17-15-10-6-4-8-13(15)12-14-9-5-7-11-16(14)17;/h4-12,18H,21H2,1-3H3;1H/t18-;/m0./s1. The van der Waals surface area contributed by atoms with Gasteiger partial charge < -0.3 is 10.5 Å². The van der Waals surface area contributed by atoms with E-state index in [1.807, 2.05) is 38.1 Å². The van der Waals surface area contributed by atoms with Gasteiger partial charge in [-0.15, -0.1) is 12.4 Å². The third-order valence-electron chi connectivity index (χ3n) is 4.61. The van der Waals surface area contributed by atoms with Crippen LogP contribution in [0.5, 0.6) is 0 Å². The van der Waals surface area contributed by atoms with Gasteiger partial charge in [0.2, 0.25) is 0 Å². The molecule has 0 aliphatic carbocycles. The first-order chi connectivity index (χ1) is 11.0. The van der Waals surface area contributed by atoms with Crippen molar-refractivity contribution in [3.63, 3.8) is 0 Å². The van der Waals surface area contributed by atoms with E-state index in [4.69, 9.17) is 10.5 Å². The van der Waals surface area contributed by atoms with Crippen molar-refractivity contribution in [2.24, 2.45) is 11.1 Å². The molecule has 0 aromatic heterocycles. The molecule has 0 fully saturated rings. The topological polar surface area (TPSA) is 52.3 Å². The fourth-order valence-corrected chi connectivity index (χ4v) is 3.13. The number of rotatable bonds is 3. The molecule has 0 saturated carbocycles. The first-order valence-corrected chi connectivity index (χ1v) is 7.71. The van der Waals surface area contributed by atoms with Crippen LogP contribution in [0.25, 0.3) is 21.5 Å². The van der Waals surface area contributed by atoms with Crippen LogP contribution in [0.2, 0.25) is 0 Å². The third kappa shape index (κ3) is 2.85. The van der Waals surface area contributed by atoms with E-state index >= 15 is 0 Å². The average molecular weight is 344 g/mol. The molecule has 3 nitrogen and oxygen atoms in total. The molecular weight excluding hydrogens is 322 g/mol. The first kappa shape index (κ1) is 18.2. The number of esters is 1. The van der Waals surface area contributed by atoms with Gasteiger partial charge in [0.15, 0.2) is 0 Å². The smallest absolute Gasteiger partial charge is 0.313 e. The summed E-state index contributed by atoms with van der Waals surface area (Å²) in [6, 6.07) is 18.0. The molecule has 3 aromatic rings. The summed E-state index contributed by atoms with van der Waals surface area (Å²) in [5.74, 6) is -0.304. The Morgan fingerprint density at radius 1 is 1.00 bits per heavy atom. The summed E-state index contributed by atoms with van der Waals surface area (Å²) in [6.45, 7) is 3.67. The lowest BCUT2D eigenvalue weighted by Gasteiger charge is -2.30. The lowest BCUT2D eigenvalue weighted by atomic mass is 9.78. The maximum Gasteiger partial charge on any atom is 0.313 e. The summed E-state index contributed by atoms with van der Waals surface area (Å²) in [7, 11) is 1.40. The molecule has 0 amide bonds. The van der Waals surface area contributed by atoms with Crippen molar-refractivity contribution >= 4 is 39.9 Å². The lowest BCUT2D eigenvalue weighted by Crippen LogP contribution is -2.37. The van der Waals surface area contributed by atoms with Crippen LogP contribution in [0.4, 0.5) is 0 Å². The Kier molecular flexibility index (Phi) is 5.16. The zero-order valence-electron chi connectivity index (χ0n) is 14.1. The maximum absolute atomic E-state index is 12.2. The van der Waals surface area contributed by atoms with E-state index in [1.54, 1.807) is 0 Å². The predicted molar refractivity (Wildman–Crippen MR) is 101 cm³/mol. The van der Waals surface area contributed by atoms with Gasteiger partial charge in [0.05, 0.1) is 12.5 Å². The first-order valence-electron chi connectivity index (χ1n) is 7.71. The van der Waals surface area contributed by atoms with Crippen LogP contribution in [0.15, 0.2) is 54.6 Å². The molecular formula is C20H22ClNO2. The van der Waals surface area contributed by atoms with Crippen LogP contribution in [-0.4, -0.2) is 13.1 Å². The van der Waals surface area contributed by atoms with E-state index in [1.165, 1.54) is 7.11 Å². The van der Waals surface area contributed by atoms with Crippen LogP contribution in [0.3, 0.4) is 0 Å². The molecule has 2 N–H and O–H groups in total. The molecule has 3 aromatic carbocycles. The number of hydrogen-bond acceptors (Lipinski definition) is 3. The second-order valence-corrected chi connectivity index (χ2v) is 6.42. The number of ether oxygens (including phenoxy) is 1. The molecule has 126 valence electrons. The van der Waals surface area contributed by atoms with Gasteiger partial charge in [-0.25, -0.2) is 0 Å². The van der Waals surface area contributed by atoms with Crippen LogP contribution < -0.4 is 5.73 Å². The minimum absolute atomic E-state index is 0. The average Bonchev–Trinajstić information content (AvgIpc) is 2.58. The minimum Gasteiger partial charge on any atom is -0.469 e. The van der Waals surface area contributed by atoms with Crippen LogP contribution in [0.1, 0.15) is 25.5 Å². The SMILES string of the molecule is COC(=O)C(C)(C)[C@@H](N)c1c2ccccc2cc2ccccc12.Cl. The Bertz CT molecular complexity index is 835. The normalized spacial score (nSPS) is 12.7. The van der Waals surface area contributed by atoms with Gasteiger partial charge in [-0.2, -0.15) is 0 Å². The van der Waals surface area contributed by atoms with Crippen molar-refractivity contribution in [1.29, 1.82) is 0 Å². The van der Waals surface area contributed by atoms with Gasteiger partial charge in [0.25, 0.3) is 0 Å². The predicted octanol–water partition coefficient (Wildman–Crippen LogP) is 4.61. The second kappa shape index (κ2) is 6.80. The summed E-state index contributed by atoms with van der Waals surface area (Å²) >= 11 is 0. The second-order valence-electron chi connectivity index (χ2n) is 6.42. The largest absolute Gasteiger partial charge is 0.469 e. The number of carbonyl (C=O) groups excluding carboxylic acids is 1. The van der Waals surface area contributed by atoms with Gasteiger partial charge in [-0.05, 0) is 47.0 Å². The quantitative estimate of drug-likeness (QED) is 0.558. The van der Waals surface area contributed by atoms with E-state index < -0.39 is 11.5 Å². The highest BCUT2D eigenvalue weighted by atomic mass is 35.5. The number of methoxy groups -OCH3 is 1. The summed E-state index contributed by atoms with van der Waals surface area (Å²) in [6.07, 6.45) is 0. The molecule has 0 unspecified atom stereocenters. The van der Waals surface area contributed by atoms with E-state index in [0.717, 1.165) is 27.1 Å². The van der Waals surface area contributed by atoms with E-state index in [2.05, 4.69) is 30.3 Å². The number of fused-ring (bicyclic) bond motifs is 2. The maximum atomic E-state index is 12.2. The van der Waals surface area contributed by atoms with Gasteiger partial charge in [-0.3, -0.25) is 4.79 Å². The molecule has 0 spiro atoms. The van der Waals surface area contributed by atoms with Crippen molar-refractivity contribution in [1.82, 2.24) is 0 Å². The Balaban J connectivity index is 0.00000208. The molecule has 3 rings (SSSR count). The van der Waals surface area contributed by atoms with E-state index in [-0.39, 0.29) is 18.4 Å². The molecule has 1 atom stereocenters. The molecule has 0 radical (unpaired) electrons. The highest BCUT2D eigenvalue weighted by molar-refractivity contribution is 6.03. The monoisotopic (exact) mass is 343 g/mol. The molecule has 0 saturated heterocycles. The van der Waals surface area contributed by atoms with Crippen molar-refractivity contribution in [2.45, 2.75) is 19.9 Å². The fraction of sp³-hybridized carbons (Fsp3) is 0.250. The Morgan fingerprint density at radius 3 is 1.92 bits per heavy atom. The molecule has 0 bridgehead atoms. The zero-order chi connectivity index (χ0) is 16.6. The van der Waals surface area contributed by atoms with Crippen molar-refractivity contribution < 1.29 is 9.53 Å². The summed E-state index contributed by atoms with van der Waals surface area (Å²) < 4.78 is 4.96. The van der Waals surface area contributed by atoms with Crippen molar-refractivity contribution in [2.75, 3.05) is 7.11 Å². The van der Waals surface area contributed by atoms with Crippen molar-refractivity contribution in [3.8, 4) is 0 Å². The van der Waals surface area contributed by atoms with Gasteiger partial charge in [0.1, 0.15) is 0 Å². The lowest BCUT2D eigenvalue weighted by molar-refractivity contribution is -0.152. The van der Waals surface area contributed by atoms with E-state index in [0.29, 0.717) is 0 Å². The Labute approximate surface area is 148 Å². The van der Waals surface area contributed by atoms with E-state index in [9.17, 15) is 4.79 Å². The molecule has 0 aliphatic heterocycles. The number of hydrogen-bond donors (Lipinski definition) is 1. The number of nitrogens with two attached hydrogens (primary N) is 1. The summed E-state index contributed by atoms with van der Waals surface area (Å²) in [4.78, 5) is 12.2. The van der Waals surface area contributed by atoms with Gasteiger partial charge in [0, 0.05) is 6.04 Å². The van der Waals surface area contributed by atoms with Crippen LogP contribution >= 0.6 is 12.4 Å². The number of benzene rings is 3. The molecule has 0 heterocycles. The highest BCUT2D eigenvalue weighted by Gasteiger charge is 2.38. The summed E-state index contributed by atoms with van der Waals surface area (Å²) in [5.41, 5.74) is 6.76. The van der Waals surface area contributed by atoms with Gasteiger partial charge >= 0.3 is 5.97 Å². The van der Waals surface area contributed by atoms with Crippen LogP contribution in [-0.2, 0) is 9.53 Å².